The number of aromatic hydroxyl groups is 1. The van der Waals surface area contributed by atoms with Crippen molar-refractivity contribution in [2.75, 3.05) is 0 Å². The van der Waals surface area contributed by atoms with Gasteiger partial charge in [-0.1, -0.05) is 34.1 Å². The second-order valence-corrected chi connectivity index (χ2v) is 8.38. The minimum absolute atomic E-state index is 0.262. The molecule has 154 valence electrons. The molecule has 0 spiro atoms. The van der Waals surface area contributed by atoms with E-state index in [2.05, 4.69) is 15.9 Å². The van der Waals surface area contributed by atoms with Crippen molar-refractivity contribution in [3.05, 3.63) is 108 Å². The number of hydrogen-bond acceptors (Lipinski definition) is 6. The minimum Gasteiger partial charge on any atom is -0.502 e. The molecular weight excluding hydrogens is 480 g/mol. The lowest BCUT2D eigenvalue weighted by Gasteiger charge is -2.08. The van der Waals surface area contributed by atoms with E-state index in [-0.39, 0.29) is 5.78 Å². The first-order valence-corrected chi connectivity index (χ1v) is 10.8. The fourth-order valence-electron chi connectivity index (χ4n) is 2.68. The summed E-state index contributed by atoms with van der Waals surface area (Å²) in [5.41, 5.74) is 1.84. The SMILES string of the molecule is N#Cc1ccc(C(=O)/C(=C\c2ccc(O)c([N+](=O)[O-])c2)SCc2ccc(Br)cc2)cc1. The molecule has 6 nitrogen and oxygen atoms in total. The molecule has 0 heterocycles. The van der Waals surface area contributed by atoms with E-state index in [1.54, 1.807) is 30.3 Å². The van der Waals surface area contributed by atoms with Crippen LogP contribution in [-0.4, -0.2) is 15.8 Å². The smallest absolute Gasteiger partial charge is 0.311 e. The van der Waals surface area contributed by atoms with E-state index < -0.39 is 16.4 Å². The molecule has 31 heavy (non-hydrogen) atoms. The number of nitrogens with zero attached hydrogens (tertiary/aromatic N) is 2. The van der Waals surface area contributed by atoms with Crippen LogP contribution in [0.25, 0.3) is 6.08 Å². The van der Waals surface area contributed by atoms with Crippen LogP contribution < -0.4 is 0 Å². The summed E-state index contributed by atoms with van der Waals surface area (Å²) in [5, 5.41) is 29.8. The number of ketones is 1. The average molecular weight is 495 g/mol. The van der Waals surface area contributed by atoms with E-state index >= 15 is 0 Å². The van der Waals surface area contributed by atoms with Crippen LogP contribution in [0.4, 0.5) is 5.69 Å². The summed E-state index contributed by atoms with van der Waals surface area (Å²) >= 11 is 4.69. The third kappa shape index (κ3) is 5.81. The first kappa shape index (κ1) is 22.3. The fourth-order valence-corrected chi connectivity index (χ4v) is 3.93. The number of nitro groups is 1. The van der Waals surface area contributed by atoms with Crippen LogP contribution in [0.2, 0.25) is 0 Å². The Bertz CT molecular complexity index is 1200. The molecule has 8 heteroatoms. The van der Waals surface area contributed by atoms with Crippen molar-refractivity contribution in [2.45, 2.75) is 5.75 Å². The van der Waals surface area contributed by atoms with Gasteiger partial charge in [-0.2, -0.15) is 5.26 Å². The monoisotopic (exact) mass is 494 g/mol. The number of nitro benzene ring substituents is 1. The van der Waals surface area contributed by atoms with E-state index in [0.717, 1.165) is 10.0 Å². The summed E-state index contributed by atoms with van der Waals surface area (Å²) in [7, 11) is 0. The summed E-state index contributed by atoms with van der Waals surface area (Å²) < 4.78 is 0.946. The Labute approximate surface area is 191 Å². The molecule has 0 unspecified atom stereocenters. The Kier molecular flexibility index (Phi) is 7.23. The second-order valence-electron chi connectivity index (χ2n) is 6.45. The molecule has 0 amide bonds. The van der Waals surface area contributed by atoms with Crippen molar-refractivity contribution < 1.29 is 14.8 Å². The summed E-state index contributed by atoms with van der Waals surface area (Å²) in [4.78, 5) is 24.0. The number of carbonyl (C=O) groups is 1. The maximum atomic E-state index is 13.1. The van der Waals surface area contributed by atoms with E-state index in [4.69, 9.17) is 5.26 Å². The maximum absolute atomic E-state index is 13.1. The molecule has 3 aromatic carbocycles. The molecule has 0 aliphatic carbocycles. The van der Waals surface area contributed by atoms with Crippen LogP contribution >= 0.6 is 27.7 Å². The number of nitriles is 1. The molecule has 3 rings (SSSR count). The van der Waals surface area contributed by atoms with Crippen molar-refractivity contribution in [3.8, 4) is 11.8 Å². The summed E-state index contributed by atoms with van der Waals surface area (Å²) in [6.07, 6.45) is 1.57. The Hall–Kier alpha value is -3.41. The number of allylic oxidation sites excluding steroid dienone is 1. The van der Waals surface area contributed by atoms with Crippen molar-refractivity contribution in [3.63, 3.8) is 0 Å². The zero-order chi connectivity index (χ0) is 22.4. The van der Waals surface area contributed by atoms with Gasteiger partial charge in [0.1, 0.15) is 0 Å². The van der Waals surface area contributed by atoms with Gasteiger partial charge in [-0.15, -0.1) is 11.8 Å². The number of benzene rings is 3. The minimum atomic E-state index is -0.677. The zero-order valence-corrected chi connectivity index (χ0v) is 18.4. The number of Topliss-reactive ketones (excluding diaryl/α,β-unsaturated/α-hetero) is 1. The van der Waals surface area contributed by atoms with Crippen LogP contribution in [0.15, 0.2) is 76.1 Å². The molecule has 1 N–H and O–H groups in total. The van der Waals surface area contributed by atoms with Crippen molar-refractivity contribution >= 4 is 45.2 Å². The molecule has 0 aliphatic heterocycles. The molecule has 0 fully saturated rings. The zero-order valence-electron chi connectivity index (χ0n) is 16.0. The van der Waals surface area contributed by atoms with E-state index in [1.165, 1.54) is 30.0 Å². The third-order valence-corrected chi connectivity index (χ3v) is 5.92. The van der Waals surface area contributed by atoms with Crippen LogP contribution in [0, 0.1) is 21.4 Å². The highest BCUT2D eigenvalue weighted by Gasteiger charge is 2.17. The molecule has 0 saturated heterocycles. The van der Waals surface area contributed by atoms with E-state index in [0.29, 0.717) is 27.3 Å². The van der Waals surface area contributed by atoms with Crippen molar-refractivity contribution in [1.29, 1.82) is 5.26 Å². The number of rotatable bonds is 7. The average Bonchev–Trinajstić information content (AvgIpc) is 2.78. The normalized spacial score (nSPS) is 11.0. The molecule has 0 radical (unpaired) electrons. The van der Waals surface area contributed by atoms with Gasteiger partial charge in [-0.05, 0) is 59.7 Å². The highest BCUT2D eigenvalue weighted by molar-refractivity contribution is 9.10. The summed E-state index contributed by atoms with van der Waals surface area (Å²) in [6, 6.07) is 19.9. The van der Waals surface area contributed by atoms with Gasteiger partial charge in [0.05, 0.1) is 21.5 Å². The molecule has 0 saturated carbocycles. The first-order valence-electron chi connectivity index (χ1n) is 8.98. The molecule has 3 aromatic rings. The van der Waals surface area contributed by atoms with Crippen LogP contribution in [0.3, 0.4) is 0 Å². The Morgan fingerprint density at radius 2 is 1.81 bits per heavy atom. The topological polar surface area (TPSA) is 104 Å². The highest BCUT2D eigenvalue weighted by atomic mass is 79.9. The largest absolute Gasteiger partial charge is 0.502 e. The van der Waals surface area contributed by atoms with Gasteiger partial charge in [0.25, 0.3) is 0 Å². The van der Waals surface area contributed by atoms with Gasteiger partial charge in [-0.25, -0.2) is 0 Å². The summed E-state index contributed by atoms with van der Waals surface area (Å²) in [5.74, 6) is -0.187. The number of hydrogen-bond donors (Lipinski definition) is 1. The number of carbonyl (C=O) groups excluding carboxylic acids is 1. The molecule has 0 aromatic heterocycles. The highest BCUT2D eigenvalue weighted by Crippen LogP contribution is 2.31. The third-order valence-electron chi connectivity index (χ3n) is 4.30. The Balaban J connectivity index is 1.96. The van der Waals surface area contributed by atoms with Gasteiger partial charge in [0.15, 0.2) is 11.5 Å². The maximum Gasteiger partial charge on any atom is 0.311 e. The predicted octanol–water partition coefficient (Wildman–Crippen LogP) is 6.09. The van der Waals surface area contributed by atoms with Crippen LogP contribution in [-0.2, 0) is 5.75 Å². The Morgan fingerprint density at radius 3 is 2.42 bits per heavy atom. The summed E-state index contributed by atoms with van der Waals surface area (Å²) in [6.45, 7) is 0. The molecule has 0 bridgehead atoms. The molecular formula is C23H15BrN2O4S. The van der Waals surface area contributed by atoms with Gasteiger partial charge < -0.3 is 5.11 Å². The van der Waals surface area contributed by atoms with Crippen LogP contribution in [0.1, 0.15) is 27.0 Å². The van der Waals surface area contributed by atoms with E-state index in [9.17, 15) is 20.0 Å². The fraction of sp³-hybridized carbons (Fsp3) is 0.0435. The predicted molar refractivity (Wildman–Crippen MR) is 124 cm³/mol. The van der Waals surface area contributed by atoms with Gasteiger partial charge in [0.2, 0.25) is 0 Å². The van der Waals surface area contributed by atoms with Gasteiger partial charge >= 0.3 is 5.69 Å². The standard InChI is InChI=1S/C23H15BrN2O4S/c24-19-8-3-16(4-9-19)14-31-22(23(28)18-6-1-15(13-25)2-7-18)12-17-5-10-21(27)20(11-17)26(29)30/h1-12,27H,14H2/b22-12+. The first-order chi connectivity index (χ1) is 14.9. The molecule has 0 atom stereocenters. The van der Waals surface area contributed by atoms with Crippen LogP contribution in [0.5, 0.6) is 5.75 Å². The number of thioether (sulfide) groups is 1. The lowest BCUT2D eigenvalue weighted by atomic mass is 10.1. The lowest BCUT2D eigenvalue weighted by Crippen LogP contribution is -2.02. The lowest BCUT2D eigenvalue weighted by molar-refractivity contribution is -0.385. The number of phenols is 1. The van der Waals surface area contributed by atoms with E-state index in [1.807, 2.05) is 30.3 Å². The van der Waals surface area contributed by atoms with Crippen molar-refractivity contribution in [2.24, 2.45) is 0 Å². The second kappa shape index (κ2) is 10.1. The molecule has 0 aliphatic rings. The van der Waals surface area contributed by atoms with Crippen molar-refractivity contribution in [1.82, 2.24) is 0 Å². The number of halogens is 1. The van der Waals surface area contributed by atoms with Gasteiger partial charge in [0, 0.05) is 21.9 Å². The Morgan fingerprint density at radius 1 is 1.13 bits per heavy atom. The van der Waals surface area contributed by atoms with Gasteiger partial charge in [-0.3, -0.25) is 14.9 Å². The quantitative estimate of drug-likeness (QED) is 0.184. The number of phenolic OH excluding ortho intramolecular Hbond substituents is 1.